The smallest absolute Gasteiger partial charge is 0.417 e. The van der Waals surface area contributed by atoms with Crippen molar-refractivity contribution in [3.8, 4) is 0 Å². The lowest BCUT2D eigenvalue weighted by Gasteiger charge is -2.41. The van der Waals surface area contributed by atoms with Crippen molar-refractivity contribution in [2.24, 2.45) is 11.3 Å². The zero-order valence-electron chi connectivity index (χ0n) is 23.1. The first-order valence-corrected chi connectivity index (χ1v) is 14.1. The second-order valence-electron chi connectivity index (χ2n) is 11.4. The number of nitrogens with one attached hydrogen (secondary N) is 2. The summed E-state index contributed by atoms with van der Waals surface area (Å²) in [6.07, 6.45) is -3.00. The minimum atomic E-state index is -4.59. The fraction of sp³-hybridized carbons (Fsp3) is 0.483. The first-order valence-electron chi connectivity index (χ1n) is 13.3. The third-order valence-corrected chi connectivity index (χ3v) is 8.15. The van der Waals surface area contributed by atoms with Crippen molar-refractivity contribution in [3.05, 3.63) is 63.6 Å². The van der Waals surface area contributed by atoms with E-state index < -0.39 is 42.3 Å². The Hall–Kier alpha value is -3.12. The number of halogens is 4. The lowest BCUT2D eigenvalue weighted by molar-refractivity contribution is -0.146. The van der Waals surface area contributed by atoms with Crippen molar-refractivity contribution in [1.29, 1.82) is 0 Å². The molecule has 1 fully saturated rings. The number of benzene rings is 2. The van der Waals surface area contributed by atoms with Crippen LogP contribution in [0.5, 0.6) is 0 Å². The Labute approximate surface area is 245 Å². The van der Waals surface area contributed by atoms with Crippen molar-refractivity contribution < 1.29 is 37.8 Å². The van der Waals surface area contributed by atoms with Crippen LogP contribution in [-0.2, 0) is 17.5 Å². The predicted molar refractivity (Wildman–Crippen MR) is 151 cm³/mol. The second kappa shape index (κ2) is 13.2. The van der Waals surface area contributed by atoms with Gasteiger partial charge in [-0.15, -0.1) is 0 Å². The van der Waals surface area contributed by atoms with E-state index in [0.29, 0.717) is 11.5 Å². The molecule has 0 radical (unpaired) electrons. The van der Waals surface area contributed by atoms with Crippen molar-refractivity contribution in [2.75, 3.05) is 11.9 Å². The van der Waals surface area contributed by atoms with Gasteiger partial charge in [0.2, 0.25) is 0 Å². The van der Waals surface area contributed by atoms with Crippen LogP contribution < -0.4 is 10.6 Å². The number of amides is 3. The van der Waals surface area contributed by atoms with Crippen LogP contribution in [0.3, 0.4) is 0 Å². The van der Waals surface area contributed by atoms with Gasteiger partial charge in [-0.2, -0.15) is 13.2 Å². The van der Waals surface area contributed by atoms with E-state index in [1.165, 1.54) is 24.3 Å². The van der Waals surface area contributed by atoms with E-state index in [1.54, 1.807) is 17.0 Å². The highest BCUT2D eigenvalue weighted by Crippen LogP contribution is 2.40. The van der Waals surface area contributed by atoms with Gasteiger partial charge in [0, 0.05) is 28.3 Å². The van der Waals surface area contributed by atoms with Crippen LogP contribution >= 0.6 is 15.9 Å². The van der Waals surface area contributed by atoms with Crippen molar-refractivity contribution in [3.63, 3.8) is 0 Å². The molecule has 1 atom stereocenters. The molecule has 0 spiro atoms. The van der Waals surface area contributed by atoms with E-state index in [0.717, 1.165) is 31.7 Å². The maximum Gasteiger partial charge on any atom is 0.417 e. The number of carbonyl (C=O) groups excluding carboxylic acids is 2. The Bertz CT molecular complexity index is 1240. The number of aliphatic hydroxyl groups excluding tert-OH is 1. The Morgan fingerprint density at radius 1 is 1.02 bits per heavy atom. The summed E-state index contributed by atoms with van der Waals surface area (Å²) < 4.78 is 40.2. The molecule has 2 aromatic carbocycles. The number of carbonyl (C=O) groups is 3. The number of rotatable bonds is 8. The molecule has 1 aliphatic carbocycles. The maximum absolute atomic E-state index is 13.5. The molecule has 224 valence electrons. The number of anilines is 1. The van der Waals surface area contributed by atoms with Crippen LogP contribution in [0.2, 0.25) is 0 Å². The first kappa shape index (κ1) is 32.4. The van der Waals surface area contributed by atoms with Crippen molar-refractivity contribution in [2.45, 2.75) is 71.3 Å². The van der Waals surface area contributed by atoms with Crippen LogP contribution in [0.15, 0.2) is 46.9 Å². The Morgan fingerprint density at radius 3 is 2.17 bits per heavy atom. The fourth-order valence-corrected chi connectivity index (χ4v) is 5.44. The maximum atomic E-state index is 13.5. The molecule has 3 rings (SSSR count). The molecule has 12 heteroatoms. The van der Waals surface area contributed by atoms with Gasteiger partial charge in [-0.05, 0) is 72.9 Å². The minimum absolute atomic E-state index is 0.0227. The number of aliphatic hydroxyl groups is 1. The Kier molecular flexibility index (Phi) is 10.5. The molecule has 1 aliphatic rings. The van der Waals surface area contributed by atoms with E-state index >= 15 is 0 Å². The molecule has 1 saturated carbocycles. The van der Waals surface area contributed by atoms with Gasteiger partial charge in [0.25, 0.3) is 5.91 Å². The normalized spacial score (nSPS) is 18.3. The molecular weight excluding hydrogens is 607 g/mol. The number of aliphatic carboxylic acids is 1. The molecule has 0 saturated heterocycles. The van der Waals surface area contributed by atoms with Crippen molar-refractivity contribution in [1.82, 2.24) is 10.2 Å². The predicted octanol–water partition coefficient (Wildman–Crippen LogP) is 6.28. The van der Waals surface area contributed by atoms with E-state index in [2.05, 4.69) is 47.3 Å². The quantitative estimate of drug-likeness (QED) is 0.270. The van der Waals surface area contributed by atoms with E-state index in [9.17, 15) is 32.7 Å². The first-order chi connectivity index (χ1) is 19.1. The standard InChI is InChI=1S/C29H35BrF3N3O5/c1-28(2,3)19-8-11-21(12-9-19)36(27(41)35-20-10-13-23(30)22(14-20)29(31,32)33)16-17-4-6-18(7-5-17)25(38)34-15-24(37)26(39)40/h4-7,10,13-14,19,21,24,37H,8-9,11-12,15-16H2,1-3H3,(H,34,38)(H,35,41)(H,39,40)/t19?,21?,24-/m1/s1. The highest BCUT2D eigenvalue weighted by atomic mass is 79.9. The molecule has 8 nitrogen and oxygen atoms in total. The van der Waals surface area contributed by atoms with Gasteiger partial charge in [-0.3, -0.25) is 4.79 Å². The third kappa shape index (κ3) is 8.93. The van der Waals surface area contributed by atoms with Gasteiger partial charge in [0.15, 0.2) is 6.10 Å². The molecule has 0 unspecified atom stereocenters. The zero-order valence-corrected chi connectivity index (χ0v) is 24.7. The number of alkyl halides is 3. The van der Waals surface area contributed by atoms with Crippen LogP contribution in [0.1, 0.15) is 67.9 Å². The summed E-state index contributed by atoms with van der Waals surface area (Å²) >= 11 is 2.92. The van der Waals surface area contributed by atoms with Gasteiger partial charge in [-0.25, -0.2) is 9.59 Å². The summed E-state index contributed by atoms with van der Waals surface area (Å²) in [5.74, 6) is -1.53. The van der Waals surface area contributed by atoms with Crippen LogP contribution in [0, 0.1) is 11.3 Å². The van der Waals surface area contributed by atoms with E-state index in [1.807, 2.05) is 0 Å². The number of nitrogens with zero attached hydrogens (tertiary/aromatic N) is 1. The molecule has 0 bridgehead atoms. The van der Waals surface area contributed by atoms with Crippen LogP contribution in [0.25, 0.3) is 0 Å². The van der Waals surface area contributed by atoms with Gasteiger partial charge in [-0.1, -0.05) is 48.8 Å². The topological polar surface area (TPSA) is 119 Å². The largest absolute Gasteiger partial charge is 0.479 e. The molecule has 4 N–H and O–H groups in total. The second-order valence-corrected chi connectivity index (χ2v) is 12.2. The highest BCUT2D eigenvalue weighted by molar-refractivity contribution is 9.10. The summed E-state index contributed by atoms with van der Waals surface area (Å²) in [5, 5.41) is 23.1. The van der Waals surface area contributed by atoms with Crippen LogP contribution in [0.4, 0.5) is 23.7 Å². The number of urea groups is 1. The van der Waals surface area contributed by atoms with Crippen molar-refractivity contribution >= 4 is 39.5 Å². The Balaban J connectivity index is 1.78. The number of hydrogen-bond acceptors (Lipinski definition) is 4. The average molecular weight is 643 g/mol. The summed E-state index contributed by atoms with van der Waals surface area (Å²) in [6.45, 7) is 6.28. The molecule has 0 heterocycles. The van der Waals surface area contributed by atoms with E-state index in [-0.39, 0.29) is 33.7 Å². The molecule has 41 heavy (non-hydrogen) atoms. The van der Waals surface area contributed by atoms with Gasteiger partial charge < -0.3 is 25.7 Å². The highest BCUT2D eigenvalue weighted by Gasteiger charge is 2.35. The molecule has 0 aliphatic heterocycles. The monoisotopic (exact) mass is 641 g/mol. The molecule has 2 aromatic rings. The number of carboxylic acids is 1. The van der Waals surface area contributed by atoms with Crippen LogP contribution in [-0.4, -0.2) is 51.7 Å². The molecular formula is C29H35BrF3N3O5. The summed E-state index contributed by atoms with van der Waals surface area (Å²) in [6, 6.07) is 9.25. The van der Waals surface area contributed by atoms with E-state index in [4.69, 9.17) is 5.11 Å². The molecule has 0 aromatic heterocycles. The zero-order chi connectivity index (χ0) is 30.5. The summed E-state index contributed by atoms with van der Waals surface area (Å²) in [7, 11) is 0. The Morgan fingerprint density at radius 2 is 1.63 bits per heavy atom. The average Bonchev–Trinajstić information content (AvgIpc) is 2.90. The third-order valence-electron chi connectivity index (χ3n) is 7.46. The SMILES string of the molecule is CC(C)(C)C1CCC(N(Cc2ccc(C(=O)NC[C@@H](O)C(=O)O)cc2)C(=O)Nc2ccc(Br)c(C(F)(F)F)c2)CC1. The minimum Gasteiger partial charge on any atom is -0.479 e. The summed E-state index contributed by atoms with van der Waals surface area (Å²) in [4.78, 5) is 38.2. The fourth-order valence-electron chi connectivity index (χ4n) is 4.97. The number of carboxylic acid groups (broad SMARTS) is 1. The van der Waals surface area contributed by atoms with Gasteiger partial charge in [0.05, 0.1) is 12.1 Å². The lowest BCUT2D eigenvalue weighted by atomic mass is 9.71. The number of hydrogen-bond donors (Lipinski definition) is 4. The summed E-state index contributed by atoms with van der Waals surface area (Å²) in [5.41, 5.74) is 0.196. The van der Waals surface area contributed by atoms with Gasteiger partial charge in [0.1, 0.15) is 0 Å². The van der Waals surface area contributed by atoms with Gasteiger partial charge >= 0.3 is 18.2 Å². The lowest BCUT2D eigenvalue weighted by Crippen LogP contribution is -2.45. The molecule has 3 amide bonds.